The summed E-state index contributed by atoms with van der Waals surface area (Å²) in [6.45, 7) is 0.00241. The van der Waals surface area contributed by atoms with Crippen LogP contribution in [0.4, 0.5) is 8.78 Å². The highest BCUT2D eigenvalue weighted by Crippen LogP contribution is 2.22. The first-order valence-corrected chi connectivity index (χ1v) is 6.52. The van der Waals surface area contributed by atoms with Gasteiger partial charge in [-0.1, -0.05) is 0 Å². The highest BCUT2D eigenvalue weighted by molar-refractivity contribution is 6.02. The average Bonchev–Trinajstić information content (AvgIpc) is 2.65. The zero-order chi connectivity index (χ0) is 15.2. The smallest absolute Gasteiger partial charge is 0.261 e. The summed E-state index contributed by atoms with van der Waals surface area (Å²) in [5, 5.41) is 2.65. The van der Waals surface area contributed by atoms with E-state index in [1.54, 1.807) is 12.1 Å². The molecule has 0 aliphatic carbocycles. The molecule has 0 atom stereocenters. The molecule has 1 N–H and O–H groups in total. The largest absolute Gasteiger partial charge is 0.491 e. The van der Waals surface area contributed by atoms with Gasteiger partial charge in [0.1, 0.15) is 19.0 Å². The predicted octanol–water partition coefficient (Wildman–Crippen LogP) is 1.66. The molecule has 1 heterocycles. The van der Waals surface area contributed by atoms with E-state index in [0.29, 0.717) is 30.0 Å². The lowest BCUT2D eigenvalue weighted by Crippen LogP contribution is -2.24. The molecule has 7 heteroatoms. The molecule has 0 aromatic heterocycles. The molecule has 2 rings (SSSR count). The molecule has 1 aromatic rings. The van der Waals surface area contributed by atoms with Crippen LogP contribution < -0.4 is 10.1 Å². The first-order chi connectivity index (χ1) is 10.1. The molecular formula is C14H15F2NO4. The van der Waals surface area contributed by atoms with Gasteiger partial charge in [-0.25, -0.2) is 8.78 Å². The van der Waals surface area contributed by atoms with E-state index in [-0.39, 0.29) is 24.7 Å². The van der Waals surface area contributed by atoms with Crippen molar-refractivity contribution in [3.63, 3.8) is 0 Å². The Morgan fingerprint density at radius 2 is 2.24 bits per heavy atom. The monoisotopic (exact) mass is 299 g/mol. The van der Waals surface area contributed by atoms with Crippen molar-refractivity contribution >= 4 is 11.7 Å². The van der Waals surface area contributed by atoms with Gasteiger partial charge in [0.25, 0.3) is 12.3 Å². The molecule has 5 nitrogen and oxygen atoms in total. The van der Waals surface area contributed by atoms with Gasteiger partial charge in [0.15, 0.2) is 5.78 Å². The standard InChI is InChI=1S/C14H15F2NO4/c15-13(16)8-20-5-3-11(18)9-1-2-12-10(7-9)14(19)17-4-6-21-12/h1-2,7,13H,3-6,8H2,(H,17,19). The van der Waals surface area contributed by atoms with E-state index in [9.17, 15) is 18.4 Å². The van der Waals surface area contributed by atoms with E-state index < -0.39 is 13.0 Å². The number of ether oxygens (including phenoxy) is 2. The van der Waals surface area contributed by atoms with Crippen LogP contribution in [0.5, 0.6) is 5.75 Å². The third kappa shape index (κ3) is 4.22. The summed E-state index contributed by atoms with van der Waals surface area (Å²) >= 11 is 0. The maximum absolute atomic E-state index is 11.9. The second-order valence-corrected chi connectivity index (χ2v) is 4.45. The number of rotatable bonds is 6. The highest BCUT2D eigenvalue weighted by Gasteiger charge is 2.18. The number of fused-ring (bicyclic) bond motifs is 1. The number of carbonyl (C=O) groups is 2. The lowest BCUT2D eigenvalue weighted by molar-refractivity contribution is 0.0170. The molecule has 21 heavy (non-hydrogen) atoms. The van der Waals surface area contributed by atoms with Gasteiger partial charge in [-0.3, -0.25) is 9.59 Å². The van der Waals surface area contributed by atoms with Crippen molar-refractivity contribution in [1.29, 1.82) is 0 Å². The lowest BCUT2D eigenvalue weighted by atomic mass is 10.0. The Kier molecular flexibility index (Phi) is 5.21. The molecule has 0 saturated carbocycles. The van der Waals surface area contributed by atoms with Gasteiger partial charge in [0.05, 0.1) is 18.7 Å². The van der Waals surface area contributed by atoms with Gasteiger partial charge in [-0.2, -0.15) is 0 Å². The fourth-order valence-electron chi connectivity index (χ4n) is 1.91. The zero-order valence-electron chi connectivity index (χ0n) is 11.2. The van der Waals surface area contributed by atoms with Crippen LogP contribution in [0.2, 0.25) is 0 Å². The number of amides is 1. The molecule has 114 valence electrons. The number of hydrogen-bond donors (Lipinski definition) is 1. The van der Waals surface area contributed by atoms with Gasteiger partial charge in [0, 0.05) is 12.0 Å². The van der Waals surface area contributed by atoms with Crippen LogP contribution in [-0.4, -0.2) is 44.5 Å². The van der Waals surface area contributed by atoms with Crippen molar-refractivity contribution in [2.75, 3.05) is 26.4 Å². The van der Waals surface area contributed by atoms with Crippen LogP contribution >= 0.6 is 0 Å². The molecule has 1 aliphatic rings. The van der Waals surface area contributed by atoms with Crippen molar-refractivity contribution < 1.29 is 27.8 Å². The summed E-state index contributed by atoms with van der Waals surface area (Å²) in [5.41, 5.74) is 0.627. The quantitative estimate of drug-likeness (QED) is 0.641. The Balaban J connectivity index is 2.00. The summed E-state index contributed by atoms with van der Waals surface area (Å²) in [6.07, 6.45) is -2.57. The minimum atomic E-state index is -2.55. The third-order valence-corrected chi connectivity index (χ3v) is 2.91. The summed E-state index contributed by atoms with van der Waals surface area (Å²) in [5.74, 6) is -0.147. The maximum Gasteiger partial charge on any atom is 0.261 e. The third-order valence-electron chi connectivity index (χ3n) is 2.91. The Labute approximate surface area is 120 Å². The Bertz CT molecular complexity index is 534. The second-order valence-electron chi connectivity index (χ2n) is 4.45. The van der Waals surface area contributed by atoms with Crippen LogP contribution in [0.1, 0.15) is 27.1 Å². The Morgan fingerprint density at radius 1 is 1.43 bits per heavy atom. The van der Waals surface area contributed by atoms with E-state index >= 15 is 0 Å². The lowest BCUT2D eigenvalue weighted by Gasteiger charge is -2.08. The van der Waals surface area contributed by atoms with Crippen molar-refractivity contribution in [1.82, 2.24) is 5.32 Å². The van der Waals surface area contributed by atoms with Gasteiger partial charge < -0.3 is 14.8 Å². The van der Waals surface area contributed by atoms with Gasteiger partial charge in [0.2, 0.25) is 0 Å². The molecular weight excluding hydrogens is 284 g/mol. The summed E-state index contributed by atoms with van der Waals surface area (Å²) < 4.78 is 33.8. The van der Waals surface area contributed by atoms with Crippen LogP contribution in [0.3, 0.4) is 0 Å². The van der Waals surface area contributed by atoms with Crippen molar-refractivity contribution in [2.45, 2.75) is 12.8 Å². The fourth-order valence-corrected chi connectivity index (χ4v) is 1.91. The van der Waals surface area contributed by atoms with E-state index in [4.69, 9.17) is 4.74 Å². The van der Waals surface area contributed by atoms with Gasteiger partial charge in [-0.15, -0.1) is 0 Å². The van der Waals surface area contributed by atoms with Crippen molar-refractivity contribution in [3.8, 4) is 5.75 Å². The Morgan fingerprint density at radius 3 is 3.00 bits per heavy atom. The number of carbonyl (C=O) groups excluding carboxylic acids is 2. The molecule has 1 aromatic carbocycles. The Hall–Kier alpha value is -2.02. The number of Topliss-reactive ketones (excluding diaryl/α,β-unsaturated/α-hetero) is 1. The van der Waals surface area contributed by atoms with E-state index in [0.717, 1.165) is 0 Å². The zero-order valence-corrected chi connectivity index (χ0v) is 11.2. The first kappa shape index (κ1) is 15.4. The highest BCUT2D eigenvalue weighted by atomic mass is 19.3. The molecule has 0 bridgehead atoms. The van der Waals surface area contributed by atoms with Gasteiger partial charge >= 0.3 is 0 Å². The number of nitrogens with one attached hydrogen (secondary N) is 1. The summed E-state index contributed by atoms with van der Waals surface area (Å²) in [6, 6.07) is 4.56. The SMILES string of the molecule is O=C(CCOCC(F)F)c1ccc2c(c1)C(=O)NCCO2. The number of hydrogen-bond acceptors (Lipinski definition) is 4. The molecule has 0 radical (unpaired) electrons. The first-order valence-electron chi connectivity index (χ1n) is 6.52. The number of ketones is 1. The summed E-state index contributed by atoms with van der Waals surface area (Å²) in [4.78, 5) is 23.7. The van der Waals surface area contributed by atoms with Crippen molar-refractivity contribution in [3.05, 3.63) is 29.3 Å². The van der Waals surface area contributed by atoms with Crippen LogP contribution in [0, 0.1) is 0 Å². The number of alkyl halides is 2. The van der Waals surface area contributed by atoms with E-state index in [2.05, 4.69) is 10.1 Å². The maximum atomic E-state index is 11.9. The second kappa shape index (κ2) is 7.12. The minimum absolute atomic E-state index is 0.0199. The van der Waals surface area contributed by atoms with E-state index in [1.165, 1.54) is 6.07 Å². The minimum Gasteiger partial charge on any atom is -0.491 e. The van der Waals surface area contributed by atoms with E-state index in [1.807, 2.05) is 0 Å². The van der Waals surface area contributed by atoms with Crippen LogP contribution in [-0.2, 0) is 4.74 Å². The number of benzene rings is 1. The molecule has 0 fully saturated rings. The molecule has 0 spiro atoms. The molecule has 1 amide bonds. The molecule has 1 aliphatic heterocycles. The molecule has 0 saturated heterocycles. The van der Waals surface area contributed by atoms with Crippen molar-refractivity contribution in [2.24, 2.45) is 0 Å². The number of halogens is 2. The normalized spacial score (nSPS) is 14.1. The topological polar surface area (TPSA) is 64.6 Å². The predicted molar refractivity (Wildman–Crippen MR) is 70.0 cm³/mol. The van der Waals surface area contributed by atoms with Crippen LogP contribution in [0.15, 0.2) is 18.2 Å². The van der Waals surface area contributed by atoms with Gasteiger partial charge in [-0.05, 0) is 18.2 Å². The molecule has 0 unspecified atom stereocenters. The average molecular weight is 299 g/mol. The van der Waals surface area contributed by atoms with Crippen LogP contribution in [0.25, 0.3) is 0 Å². The fraction of sp³-hybridized carbons (Fsp3) is 0.429. The summed E-state index contributed by atoms with van der Waals surface area (Å²) in [7, 11) is 0.